The topological polar surface area (TPSA) is 72.8 Å². The Kier molecular flexibility index (Phi) is 5.11. The van der Waals surface area contributed by atoms with E-state index in [1.807, 2.05) is 13.8 Å². The molecule has 0 bridgehead atoms. The molecule has 0 atom stereocenters. The predicted molar refractivity (Wildman–Crippen MR) is 70.1 cm³/mol. The Balaban J connectivity index is 2.91. The zero-order valence-electron chi connectivity index (χ0n) is 11.1. The second-order valence-corrected chi connectivity index (χ2v) is 4.02. The van der Waals surface area contributed by atoms with Crippen molar-refractivity contribution in [3.8, 4) is 5.75 Å². The van der Waals surface area contributed by atoms with E-state index in [1.165, 1.54) is 13.2 Å². The van der Waals surface area contributed by atoms with Crippen LogP contribution < -0.4 is 4.74 Å². The normalized spacial score (nSPS) is 10.5. The SMILES string of the molecule is COC(=O)COc1c(C)cc(/C=C/C(=O)O)cc1C. The Morgan fingerprint density at radius 3 is 2.32 bits per heavy atom. The smallest absolute Gasteiger partial charge is 0.343 e. The van der Waals surface area contributed by atoms with Crippen molar-refractivity contribution >= 4 is 18.0 Å². The van der Waals surface area contributed by atoms with E-state index in [9.17, 15) is 9.59 Å². The highest BCUT2D eigenvalue weighted by atomic mass is 16.6. The van der Waals surface area contributed by atoms with Crippen molar-refractivity contribution < 1.29 is 24.2 Å². The van der Waals surface area contributed by atoms with Crippen molar-refractivity contribution in [2.75, 3.05) is 13.7 Å². The molecular weight excluding hydrogens is 248 g/mol. The molecule has 0 aliphatic carbocycles. The molecule has 1 N–H and O–H groups in total. The van der Waals surface area contributed by atoms with Gasteiger partial charge in [-0.1, -0.05) is 0 Å². The summed E-state index contributed by atoms with van der Waals surface area (Å²) in [6, 6.07) is 3.58. The molecule has 0 aromatic heterocycles. The highest BCUT2D eigenvalue weighted by Gasteiger charge is 2.08. The van der Waals surface area contributed by atoms with Crippen LogP contribution in [-0.4, -0.2) is 30.8 Å². The van der Waals surface area contributed by atoms with Crippen LogP contribution in [0.5, 0.6) is 5.75 Å². The Hall–Kier alpha value is -2.30. The third-order valence-corrected chi connectivity index (χ3v) is 2.46. The quantitative estimate of drug-likeness (QED) is 0.650. The van der Waals surface area contributed by atoms with E-state index in [-0.39, 0.29) is 6.61 Å². The monoisotopic (exact) mass is 264 g/mol. The summed E-state index contributed by atoms with van der Waals surface area (Å²) in [5.41, 5.74) is 2.42. The van der Waals surface area contributed by atoms with Gasteiger partial charge < -0.3 is 14.6 Å². The molecule has 0 aliphatic rings. The van der Waals surface area contributed by atoms with Gasteiger partial charge in [-0.15, -0.1) is 0 Å². The van der Waals surface area contributed by atoms with Gasteiger partial charge in [0, 0.05) is 6.08 Å². The number of methoxy groups -OCH3 is 1. The maximum Gasteiger partial charge on any atom is 0.343 e. The summed E-state index contributed by atoms with van der Waals surface area (Å²) in [7, 11) is 1.30. The highest BCUT2D eigenvalue weighted by Crippen LogP contribution is 2.25. The number of carbonyl (C=O) groups excluding carboxylic acids is 1. The van der Waals surface area contributed by atoms with E-state index in [1.54, 1.807) is 12.1 Å². The summed E-state index contributed by atoms with van der Waals surface area (Å²) in [6.45, 7) is 3.51. The standard InChI is InChI=1S/C14H16O5/c1-9-6-11(4-5-12(15)16)7-10(2)14(9)19-8-13(17)18-3/h4-7H,8H2,1-3H3,(H,15,16)/b5-4+. The van der Waals surface area contributed by atoms with Gasteiger partial charge in [0.25, 0.3) is 0 Å². The van der Waals surface area contributed by atoms with Crippen LogP contribution in [0.3, 0.4) is 0 Å². The van der Waals surface area contributed by atoms with Gasteiger partial charge in [0.05, 0.1) is 7.11 Å². The lowest BCUT2D eigenvalue weighted by molar-refractivity contribution is -0.143. The van der Waals surface area contributed by atoms with Crippen LogP contribution in [0.25, 0.3) is 6.08 Å². The summed E-state index contributed by atoms with van der Waals surface area (Å²) in [4.78, 5) is 21.5. The number of rotatable bonds is 5. The van der Waals surface area contributed by atoms with Crippen LogP contribution in [0.2, 0.25) is 0 Å². The van der Waals surface area contributed by atoms with Crippen LogP contribution in [-0.2, 0) is 14.3 Å². The number of carboxylic acids is 1. The lowest BCUT2D eigenvalue weighted by Gasteiger charge is -2.12. The van der Waals surface area contributed by atoms with Gasteiger partial charge in [-0.2, -0.15) is 0 Å². The molecule has 0 spiro atoms. The van der Waals surface area contributed by atoms with E-state index in [4.69, 9.17) is 9.84 Å². The Morgan fingerprint density at radius 1 is 1.26 bits per heavy atom. The molecule has 1 rings (SSSR count). The fourth-order valence-corrected chi connectivity index (χ4v) is 1.67. The minimum absolute atomic E-state index is 0.150. The largest absolute Gasteiger partial charge is 0.481 e. The molecule has 19 heavy (non-hydrogen) atoms. The van der Waals surface area contributed by atoms with Gasteiger partial charge in [0.2, 0.25) is 0 Å². The summed E-state index contributed by atoms with van der Waals surface area (Å²) >= 11 is 0. The van der Waals surface area contributed by atoms with E-state index >= 15 is 0 Å². The number of hydrogen-bond acceptors (Lipinski definition) is 4. The lowest BCUT2D eigenvalue weighted by atomic mass is 10.1. The third-order valence-electron chi connectivity index (χ3n) is 2.46. The minimum Gasteiger partial charge on any atom is -0.481 e. The summed E-state index contributed by atoms with van der Waals surface area (Å²) in [5.74, 6) is -0.840. The molecule has 0 unspecified atom stereocenters. The molecule has 0 radical (unpaired) electrons. The molecule has 5 nitrogen and oxygen atoms in total. The van der Waals surface area contributed by atoms with E-state index < -0.39 is 11.9 Å². The van der Waals surface area contributed by atoms with E-state index in [0.717, 1.165) is 22.8 Å². The second kappa shape index (κ2) is 6.58. The van der Waals surface area contributed by atoms with Gasteiger partial charge in [-0.25, -0.2) is 9.59 Å². The highest BCUT2D eigenvalue weighted by molar-refractivity contribution is 5.85. The number of esters is 1. The molecule has 0 amide bonds. The summed E-state index contributed by atoms with van der Waals surface area (Å²) < 4.78 is 9.89. The van der Waals surface area contributed by atoms with Gasteiger partial charge >= 0.3 is 11.9 Å². The molecule has 0 aliphatic heterocycles. The Bertz CT molecular complexity index is 494. The van der Waals surface area contributed by atoms with Crippen molar-refractivity contribution in [2.45, 2.75) is 13.8 Å². The van der Waals surface area contributed by atoms with Gasteiger partial charge in [0.15, 0.2) is 6.61 Å². The van der Waals surface area contributed by atoms with Crippen molar-refractivity contribution in [2.24, 2.45) is 0 Å². The number of carboxylic acid groups (broad SMARTS) is 1. The molecule has 0 saturated heterocycles. The van der Waals surface area contributed by atoms with Gasteiger partial charge in [0.1, 0.15) is 5.75 Å². The van der Waals surface area contributed by atoms with Crippen LogP contribution in [0.1, 0.15) is 16.7 Å². The number of aliphatic carboxylic acids is 1. The first kappa shape index (κ1) is 14.8. The fourth-order valence-electron chi connectivity index (χ4n) is 1.67. The van der Waals surface area contributed by atoms with Gasteiger partial charge in [-0.05, 0) is 48.7 Å². The summed E-state index contributed by atoms with van der Waals surface area (Å²) in [5, 5.41) is 8.58. The number of benzene rings is 1. The molecule has 102 valence electrons. The number of hydrogen-bond donors (Lipinski definition) is 1. The third kappa shape index (κ3) is 4.46. The Labute approximate surface area is 111 Å². The van der Waals surface area contributed by atoms with Crippen LogP contribution >= 0.6 is 0 Å². The first-order valence-electron chi connectivity index (χ1n) is 5.66. The van der Waals surface area contributed by atoms with Gasteiger partial charge in [-0.3, -0.25) is 0 Å². The fraction of sp³-hybridized carbons (Fsp3) is 0.286. The lowest BCUT2D eigenvalue weighted by Crippen LogP contribution is -2.13. The van der Waals surface area contributed by atoms with Crippen molar-refractivity contribution in [1.29, 1.82) is 0 Å². The maximum atomic E-state index is 11.0. The number of aryl methyl sites for hydroxylation is 2. The number of ether oxygens (including phenoxy) is 2. The molecule has 1 aromatic rings. The molecule has 5 heteroatoms. The average Bonchev–Trinajstić information content (AvgIpc) is 2.34. The minimum atomic E-state index is -0.999. The molecule has 0 saturated carbocycles. The molecule has 1 aromatic carbocycles. The average molecular weight is 264 g/mol. The van der Waals surface area contributed by atoms with E-state index in [0.29, 0.717) is 5.75 Å². The zero-order valence-corrected chi connectivity index (χ0v) is 11.1. The zero-order chi connectivity index (χ0) is 14.4. The van der Waals surface area contributed by atoms with Crippen molar-refractivity contribution in [3.05, 3.63) is 34.9 Å². The van der Waals surface area contributed by atoms with Crippen molar-refractivity contribution in [1.82, 2.24) is 0 Å². The number of carbonyl (C=O) groups is 2. The first-order valence-corrected chi connectivity index (χ1v) is 5.66. The predicted octanol–water partition coefficient (Wildman–Crippen LogP) is 1.95. The van der Waals surface area contributed by atoms with Crippen LogP contribution in [0.4, 0.5) is 0 Å². The Morgan fingerprint density at radius 2 is 1.84 bits per heavy atom. The maximum absolute atomic E-state index is 11.0. The summed E-state index contributed by atoms with van der Waals surface area (Å²) in [6.07, 6.45) is 2.58. The molecule has 0 fully saturated rings. The first-order chi connectivity index (χ1) is 8.93. The van der Waals surface area contributed by atoms with E-state index in [2.05, 4.69) is 4.74 Å². The van der Waals surface area contributed by atoms with Crippen molar-refractivity contribution in [3.63, 3.8) is 0 Å². The van der Waals surface area contributed by atoms with Crippen LogP contribution in [0, 0.1) is 13.8 Å². The second-order valence-electron chi connectivity index (χ2n) is 4.02. The molecule has 0 heterocycles. The molecular formula is C14H16O5. The van der Waals surface area contributed by atoms with Crippen LogP contribution in [0.15, 0.2) is 18.2 Å².